The monoisotopic (exact) mass is 131 g/mol. The van der Waals surface area contributed by atoms with E-state index in [1.165, 1.54) is 0 Å². The van der Waals surface area contributed by atoms with Crippen LogP contribution in [0.5, 0.6) is 0 Å². The second-order valence-electron chi connectivity index (χ2n) is 2.49. The lowest BCUT2D eigenvalue weighted by atomic mass is 10.3. The van der Waals surface area contributed by atoms with Crippen LogP contribution in [0.3, 0.4) is 0 Å². The highest BCUT2D eigenvalue weighted by molar-refractivity contribution is 4.49. The molecular formula is C7H15O2. The van der Waals surface area contributed by atoms with Gasteiger partial charge in [0.25, 0.3) is 0 Å². The van der Waals surface area contributed by atoms with Gasteiger partial charge in [0.05, 0.1) is 18.8 Å². The molecule has 2 heteroatoms. The molecular weight excluding hydrogens is 116 g/mol. The molecule has 55 valence electrons. The molecule has 1 unspecified atom stereocenters. The molecule has 0 saturated heterocycles. The average Bonchev–Trinajstić information content (AvgIpc) is 1.63. The molecule has 0 aromatic heterocycles. The van der Waals surface area contributed by atoms with Crippen molar-refractivity contribution in [1.29, 1.82) is 0 Å². The van der Waals surface area contributed by atoms with Gasteiger partial charge in [-0.3, -0.25) is 0 Å². The first kappa shape index (κ1) is 8.92. The van der Waals surface area contributed by atoms with Gasteiger partial charge in [0.2, 0.25) is 0 Å². The fourth-order valence-electron chi connectivity index (χ4n) is 0.699. The van der Waals surface area contributed by atoms with Crippen molar-refractivity contribution in [2.75, 3.05) is 6.61 Å². The van der Waals surface area contributed by atoms with E-state index < -0.39 is 0 Å². The van der Waals surface area contributed by atoms with E-state index in [0.717, 1.165) is 0 Å². The maximum atomic E-state index is 10.0. The van der Waals surface area contributed by atoms with Gasteiger partial charge in [-0.15, -0.1) is 0 Å². The lowest BCUT2D eigenvalue weighted by Gasteiger charge is -2.13. The summed E-state index contributed by atoms with van der Waals surface area (Å²) in [5.41, 5.74) is 0. The van der Waals surface area contributed by atoms with Crippen LogP contribution < -0.4 is 0 Å². The Bertz CT molecular complexity index is 61.9. The Morgan fingerprint density at radius 3 is 2.22 bits per heavy atom. The fraction of sp³-hybridized carbons (Fsp3) is 1.00. The van der Waals surface area contributed by atoms with Gasteiger partial charge in [0, 0.05) is 0 Å². The SMILES string of the molecule is CC(C)OC(C)CC[O]. The van der Waals surface area contributed by atoms with Crippen LogP contribution in [0.2, 0.25) is 0 Å². The van der Waals surface area contributed by atoms with E-state index in [-0.39, 0.29) is 18.8 Å². The van der Waals surface area contributed by atoms with E-state index in [0.29, 0.717) is 6.42 Å². The fourth-order valence-corrected chi connectivity index (χ4v) is 0.699. The third kappa shape index (κ3) is 5.80. The van der Waals surface area contributed by atoms with Crippen molar-refractivity contribution in [3.05, 3.63) is 0 Å². The maximum absolute atomic E-state index is 10.0. The normalized spacial score (nSPS) is 14.3. The topological polar surface area (TPSA) is 29.1 Å². The van der Waals surface area contributed by atoms with Crippen LogP contribution in [0.4, 0.5) is 0 Å². The van der Waals surface area contributed by atoms with E-state index in [2.05, 4.69) is 0 Å². The lowest BCUT2D eigenvalue weighted by molar-refractivity contribution is -0.0000979. The Kier molecular flexibility index (Phi) is 4.72. The molecule has 0 aromatic carbocycles. The van der Waals surface area contributed by atoms with Gasteiger partial charge in [-0.25, -0.2) is 5.11 Å². The van der Waals surface area contributed by atoms with Gasteiger partial charge in [-0.2, -0.15) is 0 Å². The highest BCUT2D eigenvalue weighted by Crippen LogP contribution is 1.99. The molecule has 0 saturated carbocycles. The maximum Gasteiger partial charge on any atom is 0.0846 e. The second-order valence-corrected chi connectivity index (χ2v) is 2.49. The molecule has 0 bridgehead atoms. The molecule has 0 N–H and O–H groups in total. The zero-order chi connectivity index (χ0) is 7.28. The molecule has 9 heavy (non-hydrogen) atoms. The van der Waals surface area contributed by atoms with Gasteiger partial charge in [-0.05, 0) is 27.2 Å². The van der Waals surface area contributed by atoms with Crippen molar-refractivity contribution >= 4 is 0 Å². The molecule has 1 radical (unpaired) electrons. The zero-order valence-electron chi connectivity index (χ0n) is 6.39. The number of hydrogen-bond acceptors (Lipinski definition) is 1. The molecule has 0 aromatic rings. The minimum absolute atomic E-state index is 0.0338. The van der Waals surface area contributed by atoms with Gasteiger partial charge < -0.3 is 4.74 Å². The van der Waals surface area contributed by atoms with Crippen molar-refractivity contribution in [3.63, 3.8) is 0 Å². The van der Waals surface area contributed by atoms with Crippen molar-refractivity contribution in [2.45, 2.75) is 39.4 Å². The average molecular weight is 131 g/mol. The van der Waals surface area contributed by atoms with E-state index in [1.54, 1.807) is 0 Å². The summed E-state index contributed by atoms with van der Waals surface area (Å²) in [6, 6.07) is 0. The molecule has 0 amide bonds. The van der Waals surface area contributed by atoms with Crippen LogP contribution in [0.15, 0.2) is 0 Å². The van der Waals surface area contributed by atoms with Crippen molar-refractivity contribution in [2.24, 2.45) is 0 Å². The smallest absolute Gasteiger partial charge is 0.0846 e. The zero-order valence-corrected chi connectivity index (χ0v) is 6.39. The van der Waals surface area contributed by atoms with Crippen LogP contribution in [-0.2, 0) is 9.84 Å². The number of ether oxygens (including phenoxy) is 1. The van der Waals surface area contributed by atoms with Crippen molar-refractivity contribution in [1.82, 2.24) is 0 Å². The van der Waals surface area contributed by atoms with Crippen LogP contribution in [0, 0.1) is 0 Å². The van der Waals surface area contributed by atoms with E-state index in [4.69, 9.17) is 4.74 Å². The summed E-state index contributed by atoms with van der Waals surface area (Å²) in [5.74, 6) is 0. The van der Waals surface area contributed by atoms with Gasteiger partial charge >= 0.3 is 0 Å². The van der Waals surface area contributed by atoms with Gasteiger partial charge in [-0.1, -0.05) is 0 Å². The number of rotatable bonds is 4. The first-order valence-corrected chi connectivity index (χ1v) is 3.40. The van der Waals surface area contributed by atoms with Crippen molar-refractivity contribution in [3.8, 4) is 0 Å². The summed E-state index contributed by atoms with van der Waals surface area (Å²) >= 11 is 0. The summed E-state index contributed by atoms with van der Waals surface area (Å²) in [4.78, 5) is 0. The third-order valence-electron chi connectivity index (χ3n) is 1.03. The largest absolute Gasteiger partial charge is 0.376 e. The van der Waals surface area contributed by atoms with E-state index in [9.17, 15) is 5.11 Å². The highest BCUT2D eigenvalue weighted by Gasteiger charge is 2.02. The molecule has 0 aliphatic heterocycles. The predicted octanol–water partition coefficient (Wildman–Crippen LogP) is 1.62. The third-order valence-corrected chi connectivity index (χ3v) is 1.03. The molecule has 0 aliphatic carbocycles. The minimum Gasteiger partial charge on any atom is -0.376 e. The minimum atomic E-state index is -0.0338. The second kappa shape index (κ2) is 4.77. The van der Waals surface area contributed by atoms with E-state index >= 15 is 0 Å². The summed E-state index contributed by atoms with van der Waals surface area (Å²) in [6.07, 6.45) is 0.993. The quantitative estimate of drug-likeness (QED) is 0.570. The molecule has 1 atom stereocenters. The van der Waals surface area contributed by atoms with Gasteiger partial charge in [0.1, 0.15) is 0 Å². The van der Waals surface area contributed by atoms with Crippen LogP contribution in [0.1, 0.15) is 27.2 Å². The van der Waals surface area contributed by atoms with Gasteiger partial charge in [0.15, 0.2) is 0 Å². The van der Waals surface area contributed by atoms with Crippen LogP contribution >= 0.6 is 0 Å². The molecule has 2 nitrogen and oxygen atoms in total. The molecule has 0 aliphatic rings. The first-order chi connectivity index (χ1) is 4.16. The van der Waals surface area contributed by atoms with E-state index in [1.807, 2.05) is 20.8 Å². The molecule has 0 heterocycles. The Balaban J connectivity index is 3.15. The highest BCUT2D eigenvalue weighted by atomic mass is 16.5. The Hall–Kier alpha value is -0.0800. The summed E-state index contributed by atoms with van der Waals surface area (Å²) in [7, 11) is 0. The van der Waals surface area contributed by atoms with Crippen molar-refractivity contribution < 1.29 is 9.84 Å². The summed E-state index contributed by atoms with van der Waals surface area (Å²) in [6.45, 7) is 5.84. The molecule has 0 fully saturated rings. The Morgan fingerprint density at radius 1 is 1.33 bits per heavy atom. The number of hydrogen-bond donors (Lipinski definition) is 0. The van der Waals surface area contributed by atoms with Crippen LogP contribution in [0.25, 0.3) is 0 Å². The molecule has 0 rings (SSSR count). The first-order valence-electron chi connectivity index (χ1n) is 3.40. The Morgan fingerprint density at radius 2 is 1.89 bits per heavy atom. The summed E-state index contributed by atoms with van der Waals surface area (Å²) < 4.78 is 5.29. The predicted molar refractivity (Wildman–Crippen MR) is 35.9 cm³/mol. The summed E-state index contributed by atoms with van der Waals surface area (Å²) in [5, 5.41) is 10.0. The van der Waals surface area contributed by atoms with Crippen LogP contribution in [-0.4, -0.2) is 18.8 Å². The standard InChI is InChI=1S/C7H15O2/c1-6(2)9-7(3)4-5-8/h6-7H,4-5H2,1-3H3. The Labute approximate surface area is 56.8 Å². The molecule has 0 spiro atoms. The lowest BCUT2D eigenvalue weighted by Crippen LogP contribution is -2.14.